The fourth-order valence-electron chi connectivity index (χ4n) is 4.44. The van der Waals surface area contributed by atoms with Crippen molar-refractivity contribution in [2.45, 2.75) is 24.0 Å². The highest BCUT2D eigenvalue weighted by Gasteiger charge is 2.62. The lowest BCUT2D eigenvalue weighted by Gasteiger charge is -2.50. The molecule has 1 unspecified atom stereocenters. The van der Waals surface area contributed by atoms with Crippen molar-refractivity contribution in [1.29, 1.82) is 0 Å². The van der Waals surface area contributed by atoms with Crippen LogP contribution in [-0.4, -0.2) is 77.1 Å². The highest BCUT2D eigenvalue weighted by atomic mass is 32.2. The van der Waals surface area contributed by atoms with Crippen molar-refractivity contribution in [2.75, 3.05) is 38.5 Å². The molecule has 3 fully saturated rings. The van der Waals surface area contributed by atoms with Gasteiger partial charge in [0, 0.05) is 32.9 Å². The minimum Gasteiger partial charge on any atom is -0.334 e. The van der Waals surface area contributed by atoms with E-state index in [4.69, 9.17) is 0 Å². The second-order valence-corrected chi connectivity index (χ2v) is 9.86. The SMILES string of the molecule is Cn1ccc(C(=O)N2CC3(C2)C(CN2CCCC2)CCS3(=O)=O)n1. The first kappa shape index (κ1) is 16.1. The number of hydrogen-bond acceptors (Lipinski definition) is 5. The second kappa shape index (κ2) is 5.56. The maximum atomic E-state index is 12.7. The Balaban J connectivity index is 1.49. The van der Waals surface area contributed by atoms with E-state index in [-0.39, 0.29) is 17.6 Å². The van der Waals surface area contributed by atoms with E-state index in [1.54, 1.807) is 28.9 Å². The third-order valence-corrected chi connectivity index (χ3v) is 8.52. The summed E-state index contributed by atoms with van der Waals surface area (Å²) in [6.07, 6.45) is 4.86. The van der Waals surface area contributed by atoms with Gasteiger partial charge in [-0.1, -0.05) is 0 Å². The summed E-state index contributed by atoms with van der Waals surface area (Å²) in [6.45, 7) is 3.64. The molecule has 1 amide bonds. The van der Waals surface area contributed by atoms with Crippen LogP contribution in [0.2, 0.25) is 0 Å². The molecule has 0 N–H and O–H groups in total. The zero-order chi connectivity index (χ0) is 16.9. The van der Waals surface area contributed by atoms with Crippen molar-refractivity contribution in [3.63, 3.8) is 0 Å². The molecule has 0 aliphatic carbocycles. The van der Waals surface area contributed by atoms with Gasteiger partial charge in [-0.05, 0) is 44.3 Å². The zero-order valence-corrected chi connectivity index (χ0v) is 14.8. The van der Waals surface area contributed by atoms with Gasteiger partial charge >= 0.3 is 0 Å². The summed E-state index contributed by atoms with van der Waals surface area (Å²) >= 11 is 0. The van der Waals surface area contributed by atoms with Crippen LogP contribution in [0.1, 0.15) is 29.8 Å². The minimum absolute atomic E-state index is 0.147. The van der Waals surface area contributed by atoms with Crippen LogP contribution in [-0.2, 0) is 16.9 Å². The predicted octanol–water partition coefficient (Wildman–Crippen LogP) is 0.145. The molecule has 0 saturated carbocycles. The number of amides is 1. The van der Waals surface area contributed by atoms with Crippen LogP contribution in [0.15, 0.2) is 12.3 Å². The van der Waals surface area contributed by atoms with E-state index in [0.29, 0.717) is 18.8 Å². The molecule has 4 rings (SSSR count). The summed E-state index contributed by atoms with van der Waals surface area (Å²) in [5.74, 6) is 0.244. The van der Waals surface area contributed by atoms with Crippen LogP contribution >= 0.6 is 0 Å². The Hall–Kier alpha value is -1.41. The van der Waals surface area contributed by atoms with Crippen molar-refractivity contribution in [2.24, 2.45) is 13.0 Å². The molecule has 4 heterocycles. The summed E-state index contributed by atoms with van der Waals surface area (Å²) in [5.41, 5.74) is 0.388. The molecule has 8 heteroatoms. The third kappa shape index (κ3) is 2.38. The summed E-state index contributed by atoms with van der Waals surface area (Å²) in [4.78, 5) is 16.5. The molecule has 1 spiro atoms. The van der Waals surface area contributed by atoms with Gasteiger partial charge in [0.1, 0.15) is 10.4 Å². The molecule has 1 aromatic heterocycles. The molecule has 3 aliphatic rings. The lowest BCUT2D eigenvalue weighted by molar-refractivity contribution is 0.0426. The van der Waals surface area contributed by atoms with Crippen molar-refractivity contribution < 1.29 is 13.2 Å². The third-order valence-electron chi connectivity index (χ3n) is 5.91. The summed E-state index contributed by atoms with van der Waals surface area (Å²) in [6, 6.07) is 1.68. The van der Waals surface area contributed by atoms with Crippen LogP contribution in [0.5, 0.6) is 0 Å². The molecule has 24 heavy (non-hydrogen) atoms. The lowest BCUT2D eigenvalue weighted by Crippen LogP contribution is -2.69. The number of hydrogen-bond donors (Lipinski definition) is 0. The van der Waals surface area contributed by atoms with Gasteiger partial charge in [-0.25, -0.2) is 8.42 Å². The van der Waals surface area contributed by atoms with Crippen LogP contribution in [0, 0.1) is 5.92 Å². The molecule has 1 aromatic rings. The Morgan fingerprint density at radius 1 is 1.33 bits per heavy atom. The Labute approximate surface area is 142 Å². The van der Waals surface area contributed by atoms with Crippen LogP contribution in [0.3, 0.4) is 0 Å². The van der Waals surface area contributed by atoms with E-state index in [0.717, 1.165) is 26.1 Å². The molecule has 1 atom stereocenters. The highest BCUT2D eigenvalue weighted by molar-refractivity contribution is 7.93. The Bertz CT molecular complexity index is 745. The van der Waals surface area contributed by atoms with Crippen molar-refractivity contribution in [3.8, 4) is 0 Å². The predicted molar refractivity (Wildman–Crippen MR) is 89.4 cm³/mol. The van der Waals surface area contributed by atoms with E-state index in [9.17, 15) is 13.2 Å². The molecular formula is C16H24N4O3S. The first-order valence-electron chi connectivity index (χ1n) is 8.65. The van der Waals surface area contributed by atoms with Gasteiger partial charge < -0.3 is 9.80 Å². The molecule has 3 aliphatic heterocycles. The van der Waals surface area contributed by atoms with Gasteiger partial charge in [-0.3, -0.25) is 9.48 Å². The number of likely N-dealkylation sites (tertiary alicyclic amines) is 2. The standard InChI is InChI=1S/C16H24N4O3S/c1-18-8-4-14(17-18)15(21)20-11-16(12-20)13(5-9-24(16,22)23)10-19-6-2-3-7-19/h4,8,13H,2-3,5-7,9-12H2,1H3. The number of aromatic nitrogens is 2. The maximum absolute atomic E-state index is 12.7. The van der Waals surface area contributed by atoms with Gasteiger partial charge in [0.05, 0.1) is 5.75 Å². The van der Waals surface area contributed by atoms with E-state index in [1.165, 1.54) is 12.8 Å². The molecule has 7 nitrogen and oxygen atoms in total. The fourth-order valence-corrected chi connectivity index (χ4v) is 6.85. The number of carbonyl (C=O) groups is 1. The quantitative estimate of drug-likeness (QED) is 0.774. The number of sulfone groups is 1. The number of nitrogens with zero attached hydrogens (tertiary/aromatic N) is 4. The highest BCUT2D eigenvalue weighted by Crippen LogP contribution is 2.45. The second-order valence-electron chi connectivity index (χ2n) is 7.41. The van der Waals surface area contributed by atoms with Gasteiger partial charge in [-0.15, -0.1) is 0 Å². The first-order valence-corrected chi connectivity index (χ1v) is 10.3. The van der Waals surface area contributed by atoms with Crippen molar-refractivity contribution in [3.05, 3.63) is 18.0 Å². The summed E-state index contributed by atoms with van der Waals surface area (Å²) < 4.78 is 26.2. The van der Waals surface area contributed by atoms with E-state index >= 15 is 0 Å². The topological polar surface area (TPSA) is 75.5 Å². The van der Waals surface area contributed by atoms with Crippen molar-refractivity contribution >= 4 is 15.7 Å². The normalized spacial score (nSPS) is 28.4. The first-order chi connectivity index (χ1) is 11.4. The maximum Gasteiger partial charge on any atom is 0.274 e. The smallest absolute Gasteiger partial charge is 0.274 e. The molecule has 3 saturated heterocycles. The molecular weight excluding hydrogens is 328 g/mol. The van der Waals surface area contributed by atoms with E-state index in [2.05, 4.69) is 10.00 Å². The number of rotatable bonds is 3. The number of aryl methyl sites for hydroxylation is 1. The fraction of sp³-hybridized carbons (Fsp3) is 0.750. The van der Waals surface area contributed by atoms with Gasteiger partial charge in [0.2, 0.25) is 0 Å². The molecule has 0 aromatic carbocycles. The Kier molecular flexibility index (Phi) is 3.72. The zero-order valence-electron chi connectivity index (χ0n) is 14.0. The Morgan fingerprint density at radius 3 is 2.67 bits per heavy atom. The average Bonchev–Trinajstić information content (AvgIpc) is 3.18. The lowest BCUT2D eigenvalue weighted by atomic mass is 9.82. The van der Waals surface area contributed by atoms with Gasteiger partial charge in [0.25, 0.3) is 5.91 Å². The van der Waals surface area contributed by atoms with E-state index in [1.807, 2.05) is 0 Å². The largest absolute Gasteiger partial charge is 0.334 e. The van der Waals surface area contributed by atoms with Crippen LogP contribution in [0.25, 0.3) is 0 Å². The monoisotopic (exact) mass is 352 g/mol. The summed E-state index contributed by atoms with van der Waals surface area (Å²) in [7, 11) is -1.36. The number of carbonyl (C=O) groups excluding carboxylic acids is 1. The van der Waals surface area contributed by atoms with Gasteiger partial charge in [-0.2, -0.15) is 5.10 Å². The van der Waals surface area contributed by atoms with Gasteiger partial charge in [0.15, 0.2) is 9.84 Å². The molecule has 0 bridgehead atoms. The molecule has 0 radical (unpaired) electrons. The molecule has 132 valence electrons. The van der Waals surface area contributed by atoms with Crippen molar-refractivity contribution in [1.82, 2.24) is 19.6 Å². The average molecular weight is 352 g/mol. The van der Waals surface area contributed by atoms with Crippen LogP contribution in [0.4, 0.5) is 0 Å². The Morgan fingerprint density at radius 2 is 2.04 bits per heavy atom. The van der Waals surface area contributed by atoms with E-state index < -0.39 is 14.6 Å². The van der Waals surface area contributed by atoms with Crippen LogP contribution < -0.4 is 0 Å². The minimum atomic E-state index is -3.13. The summed E-state index contributed by atoms with van der Waals surface area (Å²) in [5, 5.41) is 4.13.